The van der Waals surface area contributed by atoms with E-state index in [1.54, 1.807) is 6.92 Å². The van der Waals surface area contributed by atoms with Crippen molar-refractivity contribution in [2.24, 2.45) is 14.1 Å². The third-order valence-corrected chi connectivity index (χ3v) is 2.74. The molecule has 1 aromatic rings. The van der Waals surface area contributed by atoms with Crippen molar-refractivity contribution in [2.45, 2.75) is 19.4 Å². The molecule has 0 aliphatic heterocycles. The summed E-state index contributed by atoms with van der Waals surface area (Å²) in [6.45, 7) is 1.61. The summed E-state index contributed by atoms with van der Waals surface area (Å²) in [4.78, 5) is 35.1. The van der Waals surface area contributed by atoms with Crippen LogP contribution in [0.3, 0.4) is 0 Å². The molecule has 1 heterocycles. The molecule has 0 radical (unpaired) electrons. The number of hydrogen-bond donors (Lipinski definition) is 2. The normalized spacial score (nSPS) is 12.2. The van der Waals surface area contributed by atoms with E-state index in [9.17, 15) is 14.4 Å². The summed E-state index contributed by atoms with van der Waals surface area (Å²) in [5, 5.41) is 11.5. The van der Waals surface area contributed by atoms with Crippen LogP contribution in [0, 0.1) is 0 Å². The lowest BCUT2D eigenvalue weighted by molar-refractivity contribution is 0.0911. The lowest BCUT2D eigenvalue weighted by Gasteiger charge is -2.14. The molecule has 0 bridgehead atoms. The Morgan fingerprint density at radius 3 is 2.56 bits per heavy atom. The number of carbonyl (C=O) groups excluding carboxylic acids is 1. The van der Waals surface area contributed by atoms with Crippen molar-refractivity contribution < 1.29 is 9.90 Å². The molecular weight excluding hydrogens is 238 g/mol. The van der Waals surface area contributed by atoms with Gasteiger partial charge in [-0.25, -0.2) is 4.79 Å². The third kappa shape index (κ3) is 2.67. The standard InChI is InChI=1S/C11H17N3O4/c1-4-7(6-15)12-9(16)8-5-13(2)11(18)14(3)10(8)17/h5,7,15H,4,6H2,1-3H3,(H,12,16). The van der Waals surface area contributed by atoms with Crippen LogP contribution in [0.1, 0.15) is 23.7 Å². The topological polar surface area (TPSA) is 93.3 Å². The van der Waals surface area contributed by atoms with Gasteiger partial charge in [-0.05, 0) is 6.42 Å². The zero-order valence-electron chi connectivity index (χ0n) is 10.6. The molecule has 0 aromatic carbocycles. The molecule has 1 unspecified atom stereocenters. The van der Waals surface area contributed by atoms with E-state index in [2.05, 4.69) is 5.32 Å². The van der Waals surface area contributed by atoms with Crippen molar-refractivity contribution in [3.8, 4) is 0 Å². The smallest absolute Gasteiger partial charge is 0.330 e. The number of rotatable bonds is 4. The number of aromatic nitrogens is 2. The van der Waals surface area contributed by atoms with Gasteiger partial charge in [0.05, 0.1) is 12.6 Å². The minimum absolute atomic E-state index is 0.119. The number of nitrogens with zero attached hydrogens (tertiary/aromatic N) is 2. The lowest BCUT2D eigenvalue weighted by atomic mass is 10.2. The van der Waals surface area contributed by atoms with Crippen LogP contribution in [0.25, 0.3) is 0 Å². The molecule has 7 nitrogen and oxygen atoms in total. The highest BCUT2D eigenvalue weighted by Crippen LogP contribution is 1.93. The maximum absolute atomic E-state index is 11.9. The first-order chi connectivity index (χ1) is 8.42. The number of aryl methyl sites for hydroxylation is 1. The summed E-state index contributed by atoms with van der Waals surface area (Å²) in [6, 6.07) is -0.403. The van der Waals surface area contributed by atoms with E-state index >= 15 is 0 Å². The molecule has 18 heavy (non-hydrogen) atoms. The van der Waals surface area contributed by atoms with Crippen LogP contribution < -0.4 is 16.6 Å². The van der Waals surface area contributed by atoms with Gasteiger partial charge in [0.25, 0.3) is 11.5 Å². The second kappa shape index (κ2) is 5.63. The first kappa shape index (κ1) is 14.2. The molecule has 0 saturated heterocycles. The molecule has 0 aliphatic rings. The van der Waals surface area contributed by atoms with Crippen molar-refractivity contribution in [1.82, 2.24) is 14.5 Å². The van der Waals surface area contributed by atoms with Gasteiger partial charge in [-0.2, -0.15) is 0 Å². The molecule has 2 N–H and O–H groups in total. The summed E-state index contributed by atoms with van der Waals surface area (Å²) in [5.74, 6) is -0.591. The second-order valence-corrected chi connectivity index (χ2v) is 4.06. The Balaban J connectivity index is 3.15. The average Bonchev–Trinajstić information content (AvgIpc) is 2.37. The number of carbonyl (C=O) groups is 1. The van der Waals surface area contributed by atoms with E-state index in [0.29, 0.717) is 6.42 Å². The monoisotopic (exact) mass is 255 g/mol. The van der Waals surface area contributed by atoms with Gasteiger partial charge in [-0.15, -0.1) is 0 Å². The fourth-order valence-corrected chi connectivity index (χ4v) is 1.50. The Morgan fingerprint density at radius 2 is 2.06 bits per heavy atom. The van der Waals surface area contributed by atoms with Gasteiger partial charge in [-0.1, -0.05) is 6.92 Å². The zero-order valence-corrected chi connectivity index (χ0v) is 10.6. The molecule has 1 aromatic heterocycles. The fourth-order valence-electron chi connectivity index (χ4n) is 1.50. The SMILES string of the molecule is CCC(CO)NC(=O)c1cn(C)c(=O)n(C)c1=O. The van der Waals surface area contributed by atoms with Gasteiger partial charge in [0.2, 0.25) is 0 Å². The maximum Gasteiger partial charge on any atom is 0.330 e. The van der Waals surface area contributed by atoms with Crippen molar-refractivity contribution in [1.29, 1.82) is 0 Å². The summed E-state index contributed by atoms with van der Waals surface area (Å²) in [6.07, 6.45) is 1.75. The van der Waals surface area contributed by atoms with Gasteiger partial charge in [0.15, 0.2) is 0 Å². The molecule has 0 spiro atoms. The van der Waals surface area contributed by atoms with Crippen LogP contribution in [0.5, 0.6) is 0 Å². The summed E-state index contributed by atoms with van der Waals surface area (Å²) < 4.78 is 2.03. The Morgan fingerprint density at radius 1 is 1.44 bits per heavy atom. The molecule has 0 aliphatic carbocycles. The molecule has 7 heteroatoms. The predicted molar refractivity (Wildman–Crippen MR) is 65.6 cm³/mol. The Kier molecular flexibility index (Phi) is 4.43. The number of aliphatic hydroxyl groups excluding tert-OH is 1. The van der Waals surface area contributed by atoms with Crippen LogP contribution >= 0.6 is 0 Å². The van der Waals surface area contributed by atoms with Crippen LogP contribution in [0.15, 0.2) is 15.8 Å². The van der Waals surface area contributed by atoms with E-state index < -0.39 is 23.2 Å². The average molecular weight is 255 g/mol. The number of hydrogen-bond acceptors (Lipinski definition) is 4. The van der Waals surface area contributed by atoms with Gasteiger partial charge in [0.1, 0.15) is 5.56 Å². The Labute approximate surface area is 104 Å². The van der Waals surface area contributed by atoms with Crippen LogP contribution in [-0.4, -0.2) is 32.8 Å². The molecule has 1 rings (SSSR count). The maximum atomic E-state index is 11.9. The summed E-state index contributed by atoms with van der Waals surface area (Å²) >= 11 is 0. The molecule has 100 valence electrons. The number of aliphatic hydroxyl groups is 1. The van der Waals surface area contributed by atoms with E-state index in [-0.39, 0.29) is 12.2 Å². The highest BCUT2D eigenvalue weighted by Gasteiger charge is 2.17. The molecule has 1 amide bonds. The number of amides is 1. The molecule has 1 atom stereocenters. The lowest BCUT2D eigenvalue weighted by Crippen LogP contribution is -2.44. The first-order valence-corrected chi connectivity index (χ1v) is 5.60. The van der Waals surface area contributed by atoms with E-state index in [4.69, 9.17) is 5.11 Å². The van der Waals surface area contributed by atoms with Crippen LogP contribution in [0.2, 0.25) is 0 Å². The minimum Gasteiger partial charge on any atom is -0.394 e. The van der Waals surface area contributed by atoms with E-state index in [1.807, 2.05) is 0 Å². The highest BCUT2D eigenvalue weighted by atomic mass is 16.3. The van der Waals surface area contributed by atoms with Crippen LogP contribution in [0.4, 0.5) is 0 Å². The summed E-state index contributed by atoms with van der Waals surface area (Å²) in [5.41, 5.74) is -1.26. The minimum atomic E-state index is -0.650. The van der Waals surface area contributed by atoms with Crippen LogP contribution in [-0.2, 0) is 14.1 Å². The van der Waals surface area contributed by atoms with Crippen molar-refractivity contribution in [2.75, 3.05) is 6.61 Å². The quantitative estimate of drug-likeness (QED) is 0.691. The molecule has 0 fully saturated rings. The van der Waals surface area contributed by atoms with E-state index in [0.717, 1.165) is 9.13 Å². The summed E-state index contributed by atoms with van der Waals surface area (Å²) in [7, 11) is 2.77. The van der Waals surface area contributed by atoms with Gasteiger partial charge < -0.3 is 15.0 Å². The predicted octanol–water partition coefficient (Wildman–Crippen LogP) is -1.42. The van der Waals surface area contributed by atoms with Crippen molar-refractivity contribution in [3.63, 3.8) is 0 Å². The zero-order chi connectivity index (χ0) is 13.9. The fraction of sp³-hybridized carbons (Fsp3) is 0.545. The van der Waals surface area contributed by atoms with Gasteiger partial charge in [-0.3, -0.25) is 14.2 Å². The second-order valence-electron chi connectivity index (χ2n) is 4.06. The third-order valence-electron chi connectivity index (χ3n) is 2.74. The number of nitrogens with one attached hydrogen (secondary N) is 1. The Hall–Kier alpha value is -1.89. The van der Waals surface area contributed by atoms with Crippen molar-refractivity contribution in [3.05, 3.63) is 32.6 Å². The van der Waals surface area contributed by atoms with Gasteiger partial charge in [0, 0.05) is 20.3 Å². The van der Waals surface area contributed by atoms with Crippen molar-refractivity contribution >= 4 is 5.91 Å². The Bertz CT molecular complexity index is 554. The first-order valence-electron chi connectivity index (χ1n) is 5.60. The van der Waals surface area contributed by atoms with Gasteiger partial charge >= 0.3 is 5.69 Å². The van der Waals surface area contributed by atoms with E-state index in [1.165, 1.54) is 20.3 Å². The molecule has 0 saturated carbocycles. The molecular formula is C11H17N3O4. The highest BCUT2D eigenvalue weighted by molar-refractivity contribution is 5.93. The largest absolute Gasteiger partial charge is 0.394 e.